The normalized spacial score (nSPS) is 27.3. The van der Waals surface area contributed by atoms with Gasteiger partial charge in [0.05, 0.1) is 11.4 Å². The highest BCUT2D eigenvalue weighted by Crippen LogP contribution is 2.39. The highest BCUT2D eigenvalue weighted by Gasteiger charge is 2.39. The molecule has 2 aliphatic rings. The number of hydrogen-bond acceptors (Lipinski definition) is 5. The number of nitrogens with two attached hydrogens (primary N) is 1. The van der Waals surface area contributed by atoms with E-state index >= 15 is 0 Å². The quantitative estimate of drug-likeness (QED) is 0.794. The van der Waals surface area contributed by atoms with E-state index in [-0.39, 0.29) is 5.91 Å². The van der Waals surface area contributed by atoms with Crippen molar-refractivity contribution in [1.82, 2.24) is 10.3 Å². The van der Waals surface area contributed by atoms with Crippen LogP contribution in [0.2, 0.25) is 0 Å². The summed E-state index contributed by atoms with van der Waals surface area (Å²) in [5.41, 5.74) is 8.01. The monoisotopic (exact) mass is 385 g/mol. The standard InChI is InChI=1S/C21H27N3O2S/c22-17-9-15-7-4-8-16(10-17)20(15)24-19(25)13-27-12-18-11-26-21(23-18)14-5-2-1-3-6-14/h1-3,5-6,11,15-17,20H,4,7-10,12-13,22H2,(H,24,25). The molecule has 3 N–H and O–H groups in total. The molecule has 0 spiro atoms. The summed E-state index contributed by atoms with van der Waals surface area (Å²) in [6.07, 6.45) is 7.46. The van der Waals surface area contributed by atoms with Gasteiger partial charge in [0, 0.05) is 23.4 Å². The average Bonchev–Trinajstić information content (AvgIpc) is 3.12. The molecule has 2 fully saturated rings. The predicted octanol–water partition coefficient (Wildman–Crippen LogP) is 3.60. The molecule has 0 aliphatic heterocycles. The molecular formula is C21H27N3O2S. The second kappa shape index (κ2) is 8.48. The molecule has 2 aliphatic carbocycles. The Kier molecular flexibility index (Phi) is 5.83. The van der Waals surface area contributed by atoms with Gasteiger partial charge < -0.3 is 15.5 Å². The third kappa shape index (κ3) is 4.55. The molecule has 2 unspecified atom stereocenters. The highest BCUT2D eigenvalue weighted by atomic mass is 32.2. The van der Waals surface area contributed by atoms with Crippen molar-refractivity contribution in [2.45, 2.75) is 49.9 Å². The maximum Gasteiger partial charge on any atom is 0.230 e. The number of thioether (sulfide) groups is 1. The van der Waals surface area contributed by atoms with Crippen molar-refractivity contribution in [2.75, 3.05) is 5.75 Å². The molecule has 2 bridgehead atoms. The topological polar surface area (TPSA) is 81.1 Å². The zero-order valence-electron chi connectivity index (χ0n) is 15.5. The van der Waals surface area contributed by atoms with E-state index in [1.54, 1.807) is 18.0 Å². The maximum atomic E-state index is 12.4. The van der Waals surface area contributed by atoms with Crippen LogP contribution in [0.1, 0.15) is 37.8 Å². The summed E-state index contributed by atoms with van der Waals surface area (Å²) < 4.78 is 5.55. The number of nitrogens with zero attached hydrogens (tertiary/aromatic N) is 1. The van der Waals surface area contributed by atoms with Gasteiger partial charge >= 0.3 is 0 Å². The number of hydrogen-bond donors (Lipinski definition) is 2. The number of carbonyl (C=O) groups excluding carboxylic acids is 1. The van der Waals surface area contributed by atoms with Crippen molar-refractivity contribution in [1.29, 1.82) is 0 Å². The number of aromatic nitrogens is 1. The lowest BCUT2D eigenvalue weighted by Crippen LogP contribution is -2.54. The fourth-order valence-electron chi connectivity index (χ4n) is 4.59. The third-order valence-electron chi connectivity index (χ3n) is 5.76. The molecule has 2 saturated carbocycles. The summed E-state index contributed by atoms with van der Waals surface area (Å²) in [4.78, 5) is 16.9. The van der Waals surface area contributed by atoms with E-state index in [9.17, 15) is 4.79 Å². The molecule has 5 nitrogen and oxygen atoms in total. The van der Waals surface area contributed by atoms with Gasteiger partial charge in [0.1, 0.15) is 6.26 Å². The van der Waals surface area contributed by atoms with Crippen LogP contribution in [0, 0.1) is 11.8 Å². The molecule has 144 valence electrons. The molecule has 1 amide bonds. The van der Waals surface area contributed by atoms with Crippen LogP contribution < -0.4 is 11.1 Å². The molecule has 2 aromatic rings. The molecule has 0 saturated heterocycles. The summed E-state index contributed by atoms with van der Waals surface area (Å²) in [7, 11) is 0. The summed E-state index contributed by atoms with van der Waals surface area (Å²) in [6.45, 7) is 0. The summed E-state index contributed by atoms with van der Waals surface area (Å²) in [5.74, 6) is 3.00. The van der Waals surface area contributed by atoms with Crippen LogP contribution in [0.3, 0.4) is 0 Å². The van der Waals surface area contributed by atoms with Crippen LogP contribution in [-0.2, 0) is 10.5 Å². The molecule has 1 heterocycles. The molecule has 1 aromatic carbocycles. The van der Waals surface area contributed by atoms with Gasteiger partial charge in [0.2, 0.25) is 11.8 Å². The molecule has 27 heavy (non-hydrogen) atoms. The lowest BCUT2D eigenvalue weighted by atomic mass is 9.67. The van der Waals surface area contributed by atoms with Crippen LogP contribution in [0.4, 0.5) is 0 Å². The average molecular weight is 386 g/mol. The van der Waals surface area contributed by atoms with Crippen molar-refractivity contribution in [3.05, 3.63) is 42.3 Å². The van der Waals surface area contributed by atoms with E-state index in [1.165, 1.54) is 19.3 Å². The Labute approximate surface area is 164 Å². The van der Waals surface area contributed by atoms with Gasteiger partial charge in [-0.15, -0.1) is 11.8 Å². The Balaban J connectivity index is 1.25. The van der Waals surface area contributed by atoms with E-state index in [2.05, 4.69) is 10.3 Å². The van der Waals surface area contributed by atoms with E-state index in [1.807, 2.05) is 30.3 Å². The van der Waals surface area contributed by atoms with E-state index in [0.29, 0.717) is 41.3 Å². The Hall–Kier alpha value is -1.79. The Morgan fingerprint density at radius 1 is 1.22 bits per heavy atom. The van der Waals surface area contributed by atoms with Crippen LogP contribution in [0.25, 0.3) is 11.5 Å². The van der Waals surface area contributed by atoms with Crippen LogP contribution in [-0.4, -0.2) is 28.7 Å². The predicted molar refractivity (Wildman–Crippen MR) is 108 cm³/mol. The van der Waals surface area contributed by atoms with E-state index < -0.39 is 0 Å². The number of amides is 1. The zero-order chi connectivity index (χ0) is 18.6. The van der Waals surface area contributed by atoms with Gasteiger partial charge in [-0.05, 0) is 49.7 Å². The van der Waals surface area contributed by atoms with Crippen LogP contribution in [0.15, 0.2) is 41.0 Å². The van der Waals surface area contributed by atoms with Gasteiger partial charge in [-0.3, -0.25) is 4.79 Å². The van der Waals surface area contributed by atoms with Crippen LogP contribution in [0.5, 0.6) is 0 Å². The number of fused-ring (bicyclic) bond motifs is 2. The summed E-state index contributed by atoms with van der Waals surface area (Å²) >= 11 is 1.58. The minimum absolute atomic E-state index is 0.129. The van der Waals surface area contributed by atoms with E-state index in [0.717, 1.165) is 24.1 Å². The minimum atomic E-state index is 0.129. The first kappa shape index (κ1) is 18.6. The third-order valence-corrected chi connectivity index (χ3v) is 6.73. The van der Waals surface area contributed by atoms with Crippen molar-refractivity contribution in [2.24, 2.45) is 17.6 Å². The minimum Gasteiger partial charge on any atom is -0.444 e. The molecule has 4 rings (SSSR count). The number of benzene rings is 1. The molecule has 0 radical (unpaired) electrons. The number of rotatable bonds is 6. The second-order valence-electron chi connectivity index (χ2n) is 7.78. The van der Waals surface area contributed by atoms with Crippen molar-refractivity contribution >= 4 is 17.7 Å². The lowest BCUT2D eigenvalue weighted by Gasteiger charge is -2.45. The largest absolute Gasteiger partial charge is 0.444 e. The summed E-state index contributed by atoms with van der Waals surface area (Å²) in [5, 5.41) is 3.30. The van der Waals surface area contributed by atoms with Gasteiger partial charge in [-0.25, -0.2) is 4.98 Å². The lowest BCUT2D eigenvalue weighted by molar-refractivity contribution is -0.120. The SMILES string of the molecule is NC1CC2CCCC(C1)C2NC(=O)CSCc1coc(-c2ccccc2)n1. The Morgan fingerprint density at radius 3 is 2.70 bits per heavy atom. The summed E-state index contributed by atoms with van der Waals surface area (Å²) in [6, 6.07) is 10.5. The smallest absolute Gasteiger partial charge is 0.230 e. The van der Waals surface area contributed by atoms with Gasteiger partial charge in [0.15, 0.2) is 0 Å². The molecule has 2 atom stereocenters. The first-order chi connectivity index (χ1) is 13.2. The van der Waals surface area contributed by atoms with E-state index in [4.69, 9.17) is 10.2 Å². The first-order valence-corrected chi connectivity index (χ1v) is 11.0. The second-order valence-corrected chi connectivity index (χ2v) is 8.76. The number of nitrogens with one attached hydrogen (secondary N) is 1. The van der Waals surface area contributed by atoms with Gasteiger partial charge in [-0.2, -0.15) is 0 Å². The number of carbonyl (C=O) groups is 1. The molecule has 1 aromatic heterocycles. The highest BCUT2D eigenvalue weighted by molar-refractivity contribution is 7.99. The fourth-order valence-corrected chi connectivity index (χ4v) is 5.30. The number of oxazole rings is 1. The molecular weight excluding hydrogens is 358 g/mol. The van der Waals surface area contributed by atoms with Crippen molar-refractivity contribution < 1.29 is 9.21 Å². The molecule has 6 heteroatoms. The Bertz CT molecular complexity index is 750. The Morgan fingerprint density at radius 2 is 1.96 bits per heavy atom. The van der Waals surface area contributed by atoms with Crippen molar-refractivity contribution in [3.8, 4) is 11.5 Å². The zero-order valence-corrected chi connectivity index (χ0v) is 16.3. The van der Waals surface area contributed by atoms with Crippen molar-refractivity contribution in [3.63, 3.8) is 0 Å². The van der Waals surface area contributed by atoms with Gasteiger partial charge in [0.25, 0.3) is 0 Å². The van der Waals surface area contributed by atoms with Gasteiger partial charge in [-0.1, -0.05) is 24.6 Å². The van der Waals surface area contributed by atoms with Crippen LogP contribution >= 0.6 is 11.8 Å². The maximum absolute atomic E-state index is 12.4. The first-order valence-electron chi connectivity index (χ1n) is 9.81. The fraction of sp³-hybridized carbons (Fsp3) is 0.524.